The van der Waals surface area contributed by atoms with E-state index in [9.17, 15) is 4.79 Å². The molecule has 0 unspecified atom stereocenters. The summed E-state index contributed by atoms with van der Waals surface area (Å²) in [4.78, 5) is 25.8. The van der Waals surface area contributed by atoms with Gasteiger partial charge in [-0.15, -0.1) is 0 Å². The van der Waals surface area contributed by atoms with E-state index in [1.165, 1.54) is 0 Å². The Kier molecular flexibility index (Phi) is 5.41. The maximum Gasteiger partial charge on any atom is 0.274 e. The minimum atomic E-state index is -0.0560. The monoisotopic (exact) mass is 392 g/mol. The highest BCUT2D eigenvalue weighted by atomic mass is 16.5. The fourth-order valence-corrected chi connectivity index (χ4v) is 3.32. The van der Waals surface area contributed by atoms with Crippen molar-refractivity contribution < 1.29 is 9.53 Å². The molecule has 0 N–H and O–H groups in total. The molecular weight excluding hydrogens is 368 g/mol. The number of anilines is 1. The average molecular weight is 392 g/mol. The van der Waals surface area contributed by atoms with Crippen LogP contribution in [0.5, 0.6) is 5.88 Å². The molecule has 0 saturated carbocycles. The summed E-state index contributed by atoms with van der Waals surface area (Å²) in [7, 11) is 0. The van der Waals surface area contributed by atoms with Crippen molar-refractivity contribution in [1.29, 1.82) is 0 Å². The highest BCUT2D eigenvalue weighted by Gasteiger charge is 2.25. The number of nitrogens with zero attached hydrogens (tertiary/aromatic N) is 6. The molecule has 0 atom stereocenters. The van der Waals surface area contributed by atoms with E-state index in [-0.39, 0.29) is 5.91 Å². The van der Waals surface area contributed by atoms with E-state index in [1.807, 2.05) is 61.3 Å². The van der Waals surface area contributed by atoms with Gasteiger partial charge in [0.05, 0.1) is 12.3 Å². The van der Waals surface area contributed by atoms with Gasteiger partial charge in [-0.1, -0.05) is 18.2 Å². The Bertz CT molecular complexity index is 980. The summed E-state index contributed by atoms with van der Waals surface area (Å²) in [6.07, 6.45) is 1.81. The standard InChI is InChI=1S/C21H24N6O2/c1-3-29-19-15-16(2)22-21(23-19)26-13-11-25(12-14-26)20(28)18-9-10-27(24-18)17-7-5-4-6-8-17/h4-10,15H,3,11-14H2,1-2H3. The first-order valence-corrected chi connectivity index (χ1v) is 9.78. The van der Waals surface area contributed by atoms with Gasteiger partial charge in [0, 0.05) is 44.1 Å². The van der Waals surface area contributed by atoms with Crippen LogP contribution in [0.15, 0.2) is 48.7 Å². The molecule has 4 rings (SSSR count). The van der Waals surface area contributed by atoms with Gasteiger partial charge >= 0.3 is 0 Å². The third kappa shape index (κ3) is 4.21. The summed E-state index contributed by atoms with van der Waals surface area (Å²) < 4.78 is 7.24. The molecule has 150 valence electrons. The van der Waals surface area contributed by atoms with Gasteiger partial charge in [0.1, 0.15) is 0 Å². The van der Waals surface area contributed by atoms with Crippen molar-refractivity contribution in [2.75, 3.05) is 37.7 Å². The van der Waals surface area contributed by atoms with Crippen molar-refractivity contribution in [3.63, 3.8) is 0 Å². The van der Waals surface area contributed by atoms with Crippen molar-refractivity contribution >= 4 is 11.9 Å². The molecule has 3 heterocycles. The number of aryl methyl sites for hydroxylation is 1. The number of aromatic nitrogens is 4. The molecule has 1 aliphatic heterocycles. The minimum Gasteiger partial charge on any atom is -0.478 e. The van der Waals surface area contributed by atoms with Crippen LogP contribution in [0.3, 0.4) is 0 Å². The lowest BCUT2D eigenvalue weighted by Gasteiger charge is -2.34. The number of hydrogen-bond donors (Lipinski definition) is 0. The van der Waals surface area contributed by atoms with E-state index in [1.54, 1.807) is 10.7 Å². The molecule has 1 saturated heterocycles. The molecule has 1 aromatic carbocycles. The van der Waals surface area contributed by atoms with Crippen LogP contribution >= 0.6 is 0 Å². The van der Waals surface area contributed by atoms with Crippen LogP contribution in [-0.2, 0) is 0 Å². The van der Waals surface area contributed by atoms with Crippen molar-refractivity contribution in [2.45, 2.75) is 13.8 Å². The van der Waals surface area contributed by atoms with E-state index in [4.69, 9.17) is 4.74 Å². The first kappa shape index (κ1) is 18.9. The predicted molar refractivity (Wildman–Crippen MR) is 110 cm³/mol. The molecule has 3 aromatic rings. The number of ether oxygens (including phenoxy) is 1. The van der Waals surface area contributed by atoms with Gasteiger partial charge in [-0.05, 0) is 32.0 Å². The Morgan fingerprint density at radius 2 is 1.83 bits per heavy atom. The number of para-hydroxylation sites is 1. The Balaban J connectivity index is 1.41. The van der Waals surface area contributed by atoms with Gasteiger partial charge < -0.3 is 14.5 Å². The Labute approximate surface area is 169 Å². The lowest BCUT2D eigenvalue weighted by molar-refractivity contribution is 0.0739. The quantitative estimate of drug-likeness (QED) is 0.663. The lowest BCUT2D eigenvalue weighted by atomic mass is 10.3. The fourth-order valence-electron chi connectivity index (χ4n) is 3.32. The molecule has 2 aromatic heterocycles. The van der Waals surface area contributed by atoms with Gasteiger partial charge in [0.15, 0.2) is 5.69 Å². The van der Waals surface area contributed by atoms with Gasteiger partial charge in [-0.2, -0.15) is 10.1 Å². The van der Waals surface area contributed by atoms with Crippen molar-refractivity contribution in [2.24, 2.45) is 0 Å². The van der Waals surface area contributed by atoms with Gasteiger partial charge in [-0.25, -0.2) is 9.67 Å². The normalized spacial score (nSPS) is 14.1. The molecule has 0 aliphatic carbocycles. The van der Waals surface area contributed by atoms with Crippen LogP contribution in [0.2, 0.25) is 0 Å². The molecule has 1 fully saturated rings. The average Bonchev–Trinajstić information content (AvgIpc) is 3.24. The molecule has 8 heteroatoms. The van der Waals surface area contributed by atoms with Crippen LogP contribution in [-0.4, -0.2) is 63.3 Å². The van der Waals surface area contributed by atoms with Crippen LogP contribution in [0, 0.1) is 6.92 Å². The van der Waals surface area contributed by atoms with Gasteiger partial charge in [0.25, 0.3) is 5.91 Å². The minimum absolute atomic E-state index is 0.0560. The van der Waals surface area contributed by atoms with Gasteiger partial charge in [0.2, 0.25) is 11.8 Å². The molecule has 29 heavy (non-hydrogen) atoms. The molecule has 1 aliphatic rings. The van der Waals surface area contributed by atoms with Crippen LogP contribution < -0.4 is 9.64 Å². The molecule has 1 amide bonds. The van der Waals surface area contributed by atoms with Crippen molar-refractivity contribution in [3.8, 4) is 11.6 Å². The van der Waals surface area contributed by atoms with E-state index < -0.39 is 0 Å². The predicted octanol–water partition coefficient (Wildman–Crippen LogP) is 2.33. The number of piperazine rings is 1. The Morgan fingerprint density at radius 3 is 2.55 bits per heavy atom. The maximum atomic E-state index is 12.9. The first-order valence-electron chi connectivity index (χ1n) is 9.78. The zero-order chi connectivity index (χ0) is 20.2. The van der Waals surface area contributed by atoms with Crippen LogP contribution in [0.4, 0.5) is 5.95 Å². The summed E-state index contributed by atoms with van der Waals surface area (Å²) in [6.45, 7) is 6.95. The third-order valence-corrected chi connectivity index (χ3v) is 4.79. The summed E-state index contributed by atoms with van der Waals surface area (Å²) in [5.74, 6) is 1.17. The number of rotatable bonds is 5. The molecule has 8 nitrogen and oxygen atoms in total. The fraction of sp³-hybridized carbons (Fsp3) is 0.333. The van der Waals surface area contributed by atoms with Crippen molar-refractivity contribution in [3.05, 3.63) is 60.0 Å². The second kappa shape index (κ2) is 8.30. The third-order valence-electron chi connectivity index (χ3n) is 4.79. The van der Waals surface area contributed by atoms with E-state index >= 15 is 0 Å². The molecule has 0 spiro atoms. The first-order chi connectivity index (χ1) is 14.1. The summed E-state index contributed by atoms with van der Waals surface area (Å²) in [5.41, 5.74) is 2.24. The molecule has 0 bridgehead atoms. The second-order valence-electron chi connectivity index (χ2n) is 6.84. The van der Waals surface area contributed by atoms with Crippen LogP contribution in [0.25, 0.3) is 5.69 Å². The summed E-state index contributed by atoms with van der Waals surface area (Å²) in [5, 5.41) is 4.45. The maximum absolute atomic E-state index is 12.9. The van der Waals surface area contributed by atoms with Gasteiger partial charge in [-0.3, -0.25) is 4.79 Å². The zero-order valence-electron chi connectivity index (χ0n) is 16.7. The number of carbonyl (C=O) groups is 1. The smallest absolute Gasteiger partial charge is 0.274 e. The largest absolute Gasteiger partial charge is 0.478 e. The summed E-state index contributed by atoms with van der Waals surface area (Å²) in [6, 6.07) is 13.4. The number of carbonyl (C=O) groups excluding carboxylic acids is 1. The van der Waals surface area contributed by atoms with Crippen LogP contribution in [0.1, 0.15) is 23.1 Å². The number of amides is 1. The van der Waals surface area contributed by atoms with E-state index in [2.05, 4.69) is 20.0 Å². The number of benzene rings is 1. The summed E-state index contributed by atoms with van der Waals surface area (Å²) >= 11 is 0. The zero-order valence-corrected chi connectivity index (χ0v) is 16.7. The second-order valence-corrected chi connectivity index (χ2v) is 6.84. The molecular formula is C21H24N6O2. The lowest BCUT2D eigenvalue weighted by Crippen LogP contribution is -2.49. The Morgan fingerprint density at radius 1 is 1.07 bits per heavy atom. The number of hydrogen-bond acceptors (Lipinski definition) is 6. The topological polar surface area (TPSA) is 76.4 Å². The SMILES string of the molecule is CCOc1cc(C)nc(N2CCN(C(=O)c3ccn(-c4ccccc4)n3)CC2)n1. The van der Waals surface area contributed by atoms with E-state index in [0.29, 0.717) is 50.3 Å². The molecule has 0 radical (unpaired) electrons. The highest BCUT2D eigenvalue weighted by Crippen LogP contribution is 2.18. The van der Waals surface area contributed by atoms with E-state index in [0.717, 1.165) is 11.4 Å². The Hall–Kier alpha value is -3.42. The highest BCUT2D eigenvalue weighted by molar-refractivity contribution is 5.92. The van der Waals surface area contributed by atoms with Crippen molar-refractivity contribution in [1.82, 2.24) is 24.6 Å².